The van der Waals surface area contributed by atoms with Gasteiger partial charge in [-0.3, -0.25) is 0 Å². The Kier molecular flexibility index (Phi) is 3.29. The Bertz CT molecular complexity index is 553. The van der Waals surface area contributed by atoms with E-state index in [1.807, 2.05) is 24.7 Å². The molecule has 3 rings (SSSR count). The molecule has 0 saturated carbocycles. The molecule has 5 nitrogen and oxygen atoms in total. The molecule has 18 heavy (non-hydrogen) atoms. The molecule has 0 aliphatic carbocycles. The van der Waals surface area contributed by atoms with Crippen LogP contribution in [0.5, 0.6) is 0 Å². The molecular weight excluding hydrogens is 246 g/mol. The molecule has 1 saturated heterocycles. The Balaban J connectivity index is 1.95. The van der Waals surface area contributed by atoms with Gasteiger partial charge < -0.3 is 10.2 Å². The van der Waals surface area contributed by atoms with Crippen molar-refractivity contribution in [1.82, 2.24) is 20.3 Å². The molecule has 1 aliphatic rings. The van der Waals surface area contributed by atoms with Crippen molar-refractivity contribution < 1.29 is 0 Å². The first-order valence-corrected chi connectivity index (χ1v) is 7.22. The van der Waals surface area contributed by atoms with Crippen molar-refractivity contribution in [2.45, 2.75) is 4.90 Å². The summed E-state index contributed by atoms with van der Waals surface area (Å²) in [4.78, 5) is 16.8. The van der Waals surface area contributed by atoms with Crippen LogP contribution in [-0.4, -0.2) is 47.4 Å². The van der Waals surface area contributed by atoms with E-state index in [0.717, 1.165) is 48.1 Å². The second-order valence-electron chi connectivity index (χ2n) is 4.18. The van der Waals surface area contributed by atoms with Crippen molar-refractivity contribution in [2.75, 3.05) is 37.3 Å². The minimum atomic E-state index is 0.726. The Morgan fingerprint density at radius 2 is 2.06 bits per heavy atom. The van der Waals surface area contributed by atoms with Crippen molar-refractivity contribution in [3.05, 3.63) is 18.5 Å². The molecular formula is C12H15N5S. The largest absolute Gasteiger partial charge is 0.353 e. The molecule has 0 unspecified atom stereocenters. The highest BCUT2D eigenvalue weighted by atomic mass is 32.2. The fourth-order valence-electron chi connectivity index (χ4n) is 2.03. The van der Waals surface area contributed by atoms with Crippen molar-refractivity contribution >= 4 is 28.7 Å². The average Bonchev–Trinajstić information content (AvgIpc) is 2.47. The van der Waals surface area contributed by atoms with Crippen LogP contribution >= 0.6 is 11.8 Å². The third-order valence-corrected chi connectivity index (χ3v) is 3.73. The van der Waals surface area contributed by atoms with Crippen molar-refractivity contribution in [3.8, 4) is 0 Å². The molecule has 6 heteroatoms. The molecule has 0 radical (unpaired) electrons. The SMILES string of the molecule is CSc1cnc2nc(N3CCNCC3)cnc2c1. The monoisotopic (exact) mass is 261 g/mol. The standard InChI is InChI=1S/C12H15N5S/c1-18-9-6-10-12(15-7-9)16-11(8-14-10)17-4-2-13-3-5-17/h6-8,13H,2-5H2,1H3. The zero-order valence-electron chi connectivity index (χ0n) is 10.3. The van der Waals surface area contributed by atoms with Crippen LogP contribution in [0, 0.1) is 0 Å². The second kappa shape index (κ2) is 5.07. The Labute approximate surface area is 110 Å². The van der Waals surface area contributed by atoms with Crippen LogP contribution in [0.3, 0.4) is 0 Å². The lowest BCUT2D eigenvalue weighted by Crippen LogP contribution is -2.43. The van der Waals surface area contributed by atoms with Gasteiger partial charge in [-0.05, 0) is 12.3 Å². The topological polar surface area (TPSA) is 53.9 Å². The maximum atomic E-state index is 4.59. The van der Waals surface area contributed by atoms with Gasteiger partial charge in [0.15, 0.2) is 5.65 Å². The quantitative estimate of drug-likeness (QED) is 0.819. The number of piperazine rings is 1. The van der Waals surface area contributed by atoms with E-state index in [-0.39, 0.29) is 0 Å². The van der Waals surface area contributed by atoms with E-state index in [9.17, 15) is 0 Å². The number of anilines is 1. The van der Waals surface area contributed by atoms with E-state index < -0.39 is 0 Å². The average molecular weight is 261 g/mol. The predicted molar refractivity (Wildman–Crippen MR) is 74.2 cm³/mol. The van der Waals surface area contributed by atoms with Gasteiger partial charge in [-0.15, -0.1) is 11.8 Å². The van der Waals surface area contributed by atoms with Gasteiger partial charge in [-0.25, -0.2) is 15.0 Å². The number of nitrogens with zero attached hydrogens (tertiary/aromatic N) is 4. The summed E-state index contributed by atoms with van der Waals surface area (Å²) in [5.74, 6) is 0.924. The molecule has 0 aromatic carbocycles. The first kappa shape index (κ1) is 11.7. The molecule has 2 aromatic heterocycles. The van der Waals surface area contributed by atoms with Crippen LogP contribution in [0.15, 0.2) is 23.4 Å². The van der Waals surface area contributed by atoms with Crippen LogP contribution in [0.25, 0.3) is 11.2 Å². The summed E-state index contributed by atoms with van der Waals surface area (Å²) in [5, 5.41) is 3.33. The lowest BCUT2D eigenvalue weighted by molar-refractivity contribution is 0.585. The van der Waals surface area contributed by atoms with E-state index in [1.54, 1.807) is 11.8 Å². The van der Waals surface area contributed by atoms with Crippen molar-refractivity contribution in [2.24, 2.45) is 0 Å². The minimum absolute atomic E-state index is 0.726. The Hall–Kier alpha value is -1.40. The highest BCUT2D eigenvalue weighted by molar-refractivity contribution is 7.98. The summed E-state index contributed by atoms with van der Waals surface area (Å²) in [6.45, 7) is 3.95. The number of rotatable bonds is 2. The molecule has 0 bridgehead atoms. The summed E-state index contributed by atoms with van der Waals surface area (Å²) in [5.41, 5.74) is 1.59. The van der Waals surface area contributed by atoms with Crippen LogP contribution in [0.2, 0.25) is 0 Å². The van der Waals surface area contributed by atoms with Crippen LogP contribution in [0.1, 0.15) is 0 Å². The summed E-state index contributed by atoms with van der Waals surface area (Å²) in [6, 6.07) is 2.03. The molecule has 0 spiro atoms. The number of thioether (sulfide) groups is 1. The molecule has 1 aliphatic heterocycles. The maximum absolute atomic E-state index is 4.59. The summed E-state index contributed by atoms with van der Waals surface area (Å²) in [7, 11) is 0. The first-order valence-electron chi connectivity index (χ1n) is 5.99. The molecule has 94 valence electrons. The highest BCUT2D eigenvalue weighted by Gasteiger charge is 2.12. The van der Waals surface area contributed by atoms with Gasteiger partial charge in [0.1, 0.15) is 11.3 Å². The molecule has 2 aromatic rings. The zero-order valence-corrected chi connectivity index (χ0v) is 11.1. The fraction of sp³-hybridized carbons (Fsp3) is 0.417. The predicted octanol–water partition coefficient (Wildman–Crippen LogP) is 1.16. The highest BCUT2D eigenvalue weighted by Crippen LogP contribution is 2.19. The molecule has 1 N–H and O–H groups in total. The molecule has 3 heterocycles. The lowest BCUT2D eigenvalue weighted by Gasteiger charge is -2.28. The van der Waals surface area contributed by atoms with Crippen LogP contribution in [-0.2, 0) is 0 Å². The number of hydrogen-bond donors (Lipinski definition) is 1. The van der Waals surface area contributed by atoms with Crippen molar-refractivity contribution in [3.63, 3.8) is 0 Å². The van der Waals surface area contributed by atoms with E-state index in [4.69, 9.17) is 0 Å². The Morgan fingerprint density at radius 1 is 1.22 bits per heavy atom. The Morgan fingerprint density at radius 3 is 2.83 bits per heavy atom. The van der Waals surface area contributed by atoms with Gasteiger partial charge in [0.05, 0.1) is 6.20 Å². The normalized spacial score (nSPS) is 16.2. The summed E-state index contributed by atoms with van der Waals surface area (Å²) in [6.07, 6.45) is 5.73. The van der Waals surface area contributed by atoms with E-state index in [1.165, 1.54) is 0 Å². The number of fused-ring (bicyclic) bond motifs is 1. The maximum Gasteiger partial charge on any atom is 0.180 e. The van der Waals surface area contributed by atoms with Gasteiger partial charge in [-0.1, -0.05) is 0 Å². The van der Waals surface area contributed by atoms with Gasteiger partial charge in [0.25, 0.3) is 0 Å². The van der Waals surface area contributed by atoms with Gasteiger partial charge in [0, 0.05) is 37.3 Å². The van der Waals surface area contributed by atoms with Gasteiger partial charge in [-0.2, -0.15) is 0 Å². The van der Waals surface area contributed by atoms with Crippen LogP contribution < -0.4 is 10.2 Å². The number of hydrogen-bond acceptors (Lipinski definition) is 6. The third kappa shape index (κ3) is 2.26. The molecule has 0 amide bonds. The van der Waals surface area contributed by atoms with Gasteiger partial charge >= 0.3 is 0 Å². The zero-order chi connectivity index (χ0) is 12.4. The lowest BCUT2D eigenvalue weighted by atomic mass is 10.3. The van der Waals surface area contributed by atoms with Gasteiger partial charge in [0.2, 0.25) is 0 Å². The number of nitrogens with one attached hydrogen (secondary N) is 1. The molecule has 1 fully saturated rings. The fourth-order valence-corrected chi connectivity index (χ4v) is 2.42. The molecule has 0 atom stereocenters. The van der Waals surface area contributed by atoms with E-state index >= 15 is 0 Å². The third-order valence-electron chi connectivity index (χ3n) is 3.04. The second-order valence-corrected chi connectivity index (χ2v) is 5.06. The minimum Gasteiger partial charge on any atom is -0.353 e. The van der Waals surface area contributed by atoms with Crippen LogP contribution in [0.4, 0.5) is 5.82 Å². The number of aromatic nitrogens is 3. The summed E-state index contributed by atoms with van der Waals surface area (Å²) < 4.78 is 0. The van der Waals surface area contributed by atoms with E-state index in [0.29, 0.717) is 0 Å². The first-order chi connectivity index (χ1) is 8.86. The summed E-state index contributed by atoms with van der Waals surface area (Å²) >= 11 is 1.67. The van der Waals surface area contributed by atoms with Crippen molar-refractivity contribution in [1.29, 1.82) is 0 Å². The number of pyridine rings is 1. The smallest absolute Gasteiger partial charge is 0.180 e. The van der Waals surface area contributed by atoms with E-state index in [2.05, 4.69) is 25.2 Å².